The van der Waals surface area contributed by atoms with Crippen molar-refractivity contribution in [2.45, 2.75) is 52.4 Å². The van der Waals surface area contributed by atoms with Crippen molar-refractivity contribution in [3.63, 3.8) is 0 Å². The highest BCUT2D eigenvalue weighted by Gasteiger charge is 2.29. The molecule has 0 radical (unpaired) electrons. The van der Waals surface area contributed by atoms with Crippen LogP contribution in [0.5, 0.6) is 0 Å². The third-order valence-electron chi connectivity index (χ3n) is 6.41. The topological polar surface area (TPSA) is 25.8 Å². The number of pyridine rings is 2. The molecular formula is C30H30N2. The predicted molar refractivity (Wildman–Crippen MR) is 137 cm³/mol. The minimum atomic E-state index is 0.0633. The maximum absolute atomic E-state index is 4.70. The minimum Gasteiger partial charge on any atom is -0.254 e. The molecule has 5 rings (SSSR count). The molecule has 0 unspecified atom stereocenters. The summed E-state index contributed by atoms with van der Waals surface area (Å²) in [6, 6.07) is 22.0. The molecule has 2 aliphatic rings. The fourth-order valence-corrected chi connectivity index (χ4v) is 4.79. The van der Waals surface area contributed by atoms with Gasteiger partial charge >= 0.3 is 0 Å². The van der Waals surface area contributed by atoms with Crippen molar-refractivity contribution in [2.75, 3.05) is 0 Å². The molecule has 0 fully saturated rings. The Morgan fingerprint density at radius 2 is 1.28 bits per heavy atom. The van der Waals surface area contributed by atoms with Gasteiger partial charge in [-0.3, -0.25) is 9.97 Å². The molecule has 2 aliphatic carbocycles. The lowest BCUT2D eigenvalue weighted by atomic mass is 9.85. The van der Waals surface area contributed by atoms with Crippen LogP contribution in [0.2, 0.25) is 0 Å². The summed E-state index contributed by atoms with van der Waals surface area (Å²) in [5.41, 5.74) is 9.96. The minimum absolute atomic E-state index is 0.0633. The third kappa shape index (κ3) is 3.35. The second kappa shape index (κ2) is 7.13. The van der Waals surface area contributed by atoms with Crippen molar-refractivity contribution in [1.82, 2.24) is 9.97 Å². The summed E-state index contributed by atoms with van der Waals surface area (Å²) < 4.78 is 0. The number of fused-ring (bicyclic) bond motifs is 4. The highest BCUT2D eigenvalue weighted by molar-refractivity contribution is 6.08. The van der Waals surface area contributed by atoms with Gasteiger partial charge in [-0.2, -0.15) is 0 Å². The second-order valence-electron chi connectivity index (χ2n) is 10.8. The summed E-state index contributed by atoms with van der Waals surface area (Å²) in [5.74, 6) is 0. The molecule has 2 aromatic heterocycles. The quantitative estimate of drug-likeness (QED) is 0.257. The maximum Gasteiger partial charge on any atom is 0.0970 e. The van der Waals surface area contributed by atoms with E-state index in [1.54, 1.807) is 0 Å². The van der Waals surface area contributed by atoms with E-state index < -0.39 is 0 Å². The van der Waals surface area contributed by atoms with Crippen LogP contribution in [0.1, 0.15) is 52.7 Å². The summed E-state index contributed by atoms with van der Waals surface area (Å²) >= 11 is 0. The van der Waals surface area contributed by atoms with Gasteiger partial charge in [0.05, 0.1) is 11.0 Å². The monoisotopic (exact) mass is 418 g/mol. The van der Waals surface area contributed by atoms with E-state index in [1.165, 1.54) is 33.4 Å². The summed E-state index contributed by atoms with van der Waals surface area (Å²) in [7, 11) is 0. The molecule has 0 saturated heterocycles. The zero-order valence-corrected chi connectivity index (χ0v) is 19.8. The van der Waals surface area contributed by atoms with Crippen molar-refractivity contribution in [2.24, 2.45) is 0 Å². The van der Waals surface area contributed by atoms with Crippen molar-refractivity contribution in [3.05, 3.63) is 84.2 Å². The van der Waals surface area contributed by atoms with Crippen LogP contribution in [-0.2, 0) is 10.8 Å². The molecule has 0 saturated carbocycles. The van der Waals surface area contributed by atoms with E-state index in [9.17, 15) is 0 Å². The molecule has 2 heteroatoms. The van der Waals surface area contributed by atoms with Crippen molar-refractivity contribution in [1.29, 1.82) is 0 Å². The molecule has 32 heavy (non-hydrogen) atoms. The van der Waals surface area contributed by atoms with E-state index in [1.807, 2.05) is 18.5 Å². The van der Waals surface area contributed by atoms with Gasteiger partial charge in [-0.25, -0.2) is 0 Å². The lowest BCUT2D eigenvalue weighted by molar-refractivity contribution is 0.581. The first-order valence-electron chi connectivity index (χ1n) is 11.4. The van der Waals surface area contributed by atoms with E-state index in [0.29, 0.717) is 0 Å². The van der Waals surface area contributed by atoms with Gasteiger partial charge in [0.25, 0.3) is 0 Å². The third-order valence-corrected chi connectivity index (χ3v) is 6.41. The Hall–Kier alpha value is -3.26. The average molecular weight is 419 g/mol. The van der Waals surface area contributed by atoms with Crippen LogP contribution >= 0.6 is 0 Å². The molecule has 1 aromatic carbocycles. The standard InChI is InChI=1S/C30H30N2/c1-29(2,3)25-18-26(30(4,5)6)24-17-20(9-7-11-22(24)25)21-14-16-32-28-23(21)13-12-19-10-8-15-31-27(19)28/h7-18H,1-6H3. The van der Waals surface area contributed by atoms with Crippen LogP contribution in [0, 0.1) is 0 Å². The number of rotatable bonds is 1. The van der Waals surface area contributed by atoms with Crippen LogP contribution in [0.25, 0.3) is 44.1 Å². The smallest absolute Gasteiger partial charge is 0.0970 e. The first-order valence-corrected chi connectivity index (χ1v) is 11.4. The zero-order chi connectivity index (χ0) is 22.7. The van der Waals surface area contributed by atoms with Crippen LogP contribution in [0.3, 0.4) is 0 Å². The summed E-state index contributed by atoms with van der Waals surface area (Å²) in [5, 5.41) is 2.25. The van der Waals surface area contributed by atoms with Crippen LogP contribution in [-0.4, -0.2) is 9.97 Å². The molecular weight excluding hydrogens is 388 g/mol. The van der Waals surface area contributed by atoms with Crippen molar-refractivity contribution < 1.29 is 0 Å². The van der Waals surface area contributed by atoms with E-state index in [2.05, 4.69) is 101 Å². The van der Waals surface area contributed by atoms with Crippen LogP contribution in [0.4, 0.5) is 0 Å². The van der Waals surface area contributed by atoms with Gasteiger partial charge < -0.3 is 0 Å². The lowest BCUT2D eigenvalue weighted by Gasteiger charge is -2.19. The SMILES string of the molecule is CC(C)(C)c1cc(C(C)(C)C)c2cc(-c3ccnc4c3ccc3cccnc34)cccc1-2. The lowest BCUT2D eigenvalue weighted by Crippen LogP contribution is -2.11. The molecule has 2 nitrogen and oxygen atoms in total. The second-order valence-corrected chi connectivity index (χ2v) is 10.8. The fourth-order valence-electron chi connectivity index (χ4n) is 4.79. The number of hydrogen-bond acceptors (Lipinski definition) is 2. The molecule has 3 aromatic rings. The molecule has 0 atom stereocenters. The van der Waals surface area contributed by atoms with Crippen molar-refractivity contribution >= 4 is 21.8 Å². The first-order chi connectivity index (χ1) is 15.1. The number of benzene rings is 1. The van der Waals surface area contributed by atoms with Gasteiger partial charge in [0.1, 0.15) is 0 Å². The van der Waals surface area contributed by atoms with Crippen LogP contribution < -0.4 is 0 Å². The molecule has 160 valence electrons. The maximum atomic E-state index is 4.70. The first kappa shape index (κ1) is 20.6. The van der Waals surface area contributed by atoms with Gasteiger partial charge in [0.15, 0.2) is 0 Å². The fraction of sp³-hybridized carbons (Fsp3) is 0.267. The largest absolute Gasteiger partial charge is 0.254 e. The van der Waals surface area contributed by atoms with Gasteiger partial charge in [-0.1, -0.05) is 84.0 Å². The van der Waals surface area contributed by atoms with Gasteiger partial charge in [0.2, 0.25) is 0 Å². The van der Waals surface area contributed by atoms with Crippen molar-refractivity contribution in [3.8, 4) is 22.3 Å². The average Bonchev–Trinajstić information content (AvgIpc) is 2.99. The Labute approximate surface area is 190 Å². The predicted octanol–water partition coefficient (Wildman–Crippen LogP) is 8.15. The Balaban J connectivity index is 1.81. The molecule has 0 spiro atoms. The highest BCUT2D eigenvalue weighted by atomic mass is 14.7. The Bertz CT molecular complexity index is 1430. The summed E-state index contributed by atoms with van der Waals surface area (Å²) in [6.07, 6.45) is 3.75. The van der Waals surface area contributed by atoms with Gasteiger partial charge in [-0.05, 0) is 62.4 Å². The molecule has 0 amide bonds. The van der Waals surface area contributed by atoms with E-state index in [4.69, 9.17) is 4.98 Å². The number of nitrogens with zero attached hydrogens (tertiary/aromatic N) is 2. The van der Waals surface area contributed by atoms with E-state index in [-0.39, 0.29) is 10.8 Å². The van der Waals surface area contributed by atoms with E-state index >= 15 is 0 Å². The molecule has 2 heterocycles. The Kier molecular flexibility index (Phi) is 4.60. The summed E-state index contributed by atoms with van der Waals surface area (Å²) in [4.78, 5) is 9.32. The number of aromatic nitrogens is 2. The van der Waals surface area contributed by atoms with Gasteiger partial charge in [0, 0.05) is 23.2 Å². The number of hydrogen-bond donors (Lipinski definition) is 0. The normalized spacial score (nSPS) is 12.7. The Morgan fingerprint density at radius 3 is 2.03 bits per heavy atom. The van der Waals surface area contributed by atoms with Gasteiger partial charge in [-0.15, -0.1) is 0 Å². The Morgan fingerprint density at radius 1 is 0.562 bits per heavy atom. The zero-order valence-electron chi connectivity index (χ0n) is 19.8. The molecule has 0 bridgehead atoms. The van der Waals surface area contributed by atoms with Crippen LogP contribution in [0.15, 0.2) is 73.1 Å². The van der Waals surface area contributed by atoms with E-state index in [0.717, 1.165) is 21.8 Å². The highest BCUT2D eigenvalue weighted by Crippen LogP contribution is 2.45. The summed E-state index contributed by atoms with van der Waals surface area (Å²) in [6.45, 7) is 13.8. The molecule has 0 N–H and O–H groups in total. The molecule has 0 aliphatic heterocycles.